The van der Waals surface area contributed by atoms with Crippen LogP contribution in [0.1, 0.15) is 0 Å². The third kappa shape index (κ3) is 1.49. The fourth-order valence-electron chi connectivity index (χ4n) is 0.727. The van der Waals surface area contributed by atoms with Crippen LogP contribution in [0.5, 0.6) is 0 Å². The van der Waals surface area contributed by atoms with Crippen molar-refractivity contribution in [2.24, 2.45) is 0 Å². The monoisotopic (exact) mass is 184 g/mol. The Balaban J connectivity index is 3.34. The van der Waals surface area contributed by atoms with Crippen LogP contribution in [0.2, 0.25) is 5.02 Å². The first-order valence-electron chi connectivity index (χ1n) is 2.94. The van der Waals surface area contributed by atoms with Crippen LogP contribution >= 0.6 is 11.6 Å². The van der Waals surface area contributed by atoms with E-state index in [1.54, 1.807) is 0 Å². The minimum Gasteiger partial charge on any atom is -0.258 e. The van der Waals surface area contributed by atoms with Gasteiger partial charge in [-0.2, -0.15) is 0 Å². The van der Waals surface area contributed by atoms with Gasteiger partial charge in [-0.25, -0.2) is 0 Å². The van der Waals surface area contributed by atoms with E-state index in [4.69, 9.17) is 17.0 Å². The lowest BCUT2D eigenvalue weighted by atomic mass is 10.3. The number of benzene rings is 1. The summed E-state index contributed by atoms with van der Waals surface area (Å²) in [7, 11) is 0. The van der Waals surface area contributed by atoms with E-state index in [1.165, 1.54) is 12.1 Å². The van der Waals surface area contributed by atoms with Crippen LogP contribution in [0.3, 0.4) is 0 Å². The smallest absolute Gasteiger partial charge is 0.258 e. The van der Waals surface area contributed by atoms with Gasteiger partial charge < -0.3 is 0 Å². The van der Waals surface area contributed by atoms with Crippen LogP contribution < -0.4 is 0 Å². The third-order valence-corrected chi connectivity index (χ3v) is 1.48. The summed E-state index contributed by atoms with van der Waals surface area (Å²) in [6.45, 7) is 0. The Bertz CT molecular complexity index is 372. The van der Waals surface area contributed by atoms with Crippen molar-refractivity contribution in [2.45, 2.75) is 0 Å². The lowest BCUT2D eigenvalue weighted by molar-refractivity contribution is -0.383. The Hall–Kier alpha value is -1.67. The molecule has 0 bridgehead atoms. The van der Waals surface area contributed by atoms with Gasteiger partial charge in [0.1, 0.15) is 0 Å². The summed E-state index contributed by atoms with van der Waals surface area (Å²) in [5.41, 5.74) is -0.422. The highest BCUT2D eigenvalue weighted by molar-refractivity contribution is 6.30. The van der Waals surface area contributed by atoms with E-state index in [9.17, 15) is 10.1 Å². The van der Waals surface area contributed by atoms with E-state index < -0.39 is 4.92 Å². The first-order chi connectivity index (χ1) is 5.65. The first kappa shape index (κ1) is 8.43. The number of hydrogen-bond acceptors (Lipinski definition) is 3. The van der Waals surface area contributed by atoms with Crippen molar-refractivity contribution >= 4 is 23.0 Å². The van der Waals surface area contributed by atoms with Crippen LogP contribution in [0.25, 0.3) is 4.98 Å². The van der Waals surface area contributed by atoms with Crippen LogP contribution in [0.4, 0.5) is 11.4 Å². The van der Waals surface area contributed by atoms with Gasteiger partial charge in [-0.15, -0.1) is 0 Å². The summed E-state index contributed by atoms with van der Waals surface area (Å²) in [6.07, 6.45) is 0. The predicted octanol–water partition coefficient (Wildman–Crippen LogP) is 2.73. The average Bonchev–Trinajstić information content (AvgIpc) is 2.04. The van der Waals surface area contributed by atoms with Crippen molar-refractivity contribution in [3.63, 3.8) is 0 Å². The normalized spacial score (nSPS) is 9.00. The minimum atomic E-state index is -0.666. The molecule has 12 heavy (non-hydrogen) atoms. The van der Waals surface area contributed by atoms with Crippen molar-refractivity contribution < 1.29 is 4.92 Å². The number of nitro groups is 1. The molecule has 0 aliphatic heterocycles. The summed E-state index contributed by atoms with van der Waals surface area (Å²) in [5.74, 6) is 0. The van der Waals surface area contributed by atoms with Gasteiger partial charge in [-0.1, -0.05) is 11.6 Å². The van der Waals surface area contributed by atoms with Gasteiger partial charge in [0.2, 0.25) is 5.39 Å². The highest BCUT2D eigenvalue weighted by Crippen LogP contribution is 2.29. The van der Waals surface area contributed by atoms with Crippen molar-refractivity contribution in [1.29, 1.82) is 5.39 Å². The van der Waals surface area contributed by atoms with Crippen molar-refractivity contribution in [1.82, 2.24) is 0 Å². The second kappa shape index (κ2) is 3.15. The topological polar surface area (TPSA) is 71.3 Å². The molecule has 1 aromatic carbocycles. The molecule has 1 aromatic rings. The van der Waals surface area contributed by atoms with E-state index in [1.807, 2.05) is 0 Å². The van der Waals surface area contributed by atoms with E-state index in [0.717, 1.165) is 6.07 Å². The Morgan fingerprint density at radius 1 is 1.58 bits per heavy atom. The summed E-state index contributed by atoms with van der Waals surface area (Å²) in [5, 5.41) is 18.9. The molecule has 1 rings (SSSR count). The fourth-order valence-corrected chi connectivity index (χ4v) is 0.894. The second-order valence-corrected chi connectivity index (χ2v) is 2.43. The van der Waals surface area contributed by atoms with Gasteiger partial charge >= 0.3 is 11.4 Å². The number of hydrogen-bond donors (Lipinski definition) is 0. The lowest BCUT2D eigenvalue weighted by Crippen LogP contribution is -1.87. The maximum Gasteiger partial charge on any atom is 0.461 e. The Morgan fingerprint density at radius 3 is 2.75 bits per heavy atom. The SMILES string of the molecule is N#[N+]c1ccc(Cl)cc1[N+](=O)[O-]. The molecule has 0 heterocycles. The Kier molecular flexibility index (Phi) is 2.21. The van der Waals surface area contributed by atoms with E-state index in [2.05, 4.69) is 4.98 Å². The van der Waals surface area contributed by atoms with Crippen LogP contribution in [0.15, 0.2) is 18.2 Å². The van der Waals surface area contributed by atoms with Crippen molar-refractivity contribution in [3.8, 4) is 0 Å². The first-order valence-corrected chi connectivity index (χ1v) is 3.32. The van der Waals surface area contributed by atoms with Crippen molar-refractivity contribution in [2.75, 3.05) is 0 Å². The second-order valence-electron chi connectivity index (χ2n) is 1.99. The van der Waals surface area contributed by atoms with Crippen molar-refractivity contribution in [3.05, 3.63) is 38.3 Å². The summed E-state index contributed by atoms with van der Waals surface area (Å²) in [4.78, 5) is 12.4. The number of nitro benzene ring substituents is 1. The summed E-state index contributed by atoms with van der Waals surface area (Å²) in [6, 6.07) is 3.79. The molecule has 6 heteroatoms. The molecular weight excluding hydrogens is 182 g/mol. The number of nitrogens with zero attached hydrogens (tertiary/aromatic N) is 3. The molecule has 0 aliphatic carbocycles. The Labute approximate surface area is 72.3 Å². The standard InChI is InChI=1S/C6H3ClN3O2/c7-4-1-2-5(9-8)6(3-4)10(11)12/h1-3H/q+1. The molecule has 0 saturated heterocycles. The van der Waals surface area contributed by atoms with Crippen LogP contribution in [0, 0.1) is 15.5 Å². The average molecular weight is 185 g/mol. The number of halogens is 1. The van der Waals surface area contributed by atoms with Gasteiger partial charge in [0.15, 0.2) is 4.98 Å². The molecule has 0 atom stereocenters. The molecular formula is C6H3ClN3O2+. The summed E-state index contributed by atoms with van der Waals surface area (Å²) < 4.78 is 0. The number of diazo groups is 1. The molecule has 60 valence electrons. The fraction of sp³-hybridized carbons (Fsp3) is 0. The molecule has 0 amide bonds. The Morgan fingerprint density at radius 2 is 2.25 bits per heavy atom. The third-order valence-electron chi connectivity index (χ3n) is 1.24. The lowest BCUT2D eigenvalue weighted by Gasteiger charge is -1.87. The van der Waals surface area contributed by atoms with E-state index >= 15 is 0 Å². The molecule has 0 N–H and O–H groups in total. The summed E-state index contributed by atoms with van der Waals surface area (Å²) >= 11 is 5.49. The molecule has 0 spiro atoms. The zero-order valence-corrected chi connectivity index (χ0v) is 6.52. The highest BCUT2D eigenvalue weighted by Gasteiger charge is 2.23. The highest BCUT2D eigenvalue weighted by atomic mass is 35.5. The molecule has 0 unspecified atom stereocenters. The van der Waals surface area contributed by atoms with Gasteiger partial charge in [0, 0.05) is 17.2 Å². The van der Waals surface area contributed by atoms with Crippen LogP contribution in [-0.2, 0) is 0 Å². The quantitative estimate of drug-likeness (QED) is 0.383. The van der Waals surface area contributed by atoms with Gasteiger partial charge in [-0.3, -0.25) is 10.1 Å². The molecule has 0 radical (unpaired) electrons. The molecule has 0 aromatic heterocycles. The van der Waals surface area contributed by atoms with Gasteiger partial charge in [0.05, 0.1) is 4.92 Å². The maximum absolute atomic E-state index is 10.3. The molecule has 0 fully saturated rings. The zero-order valence-electron chi connectivity index (χ0n) is 5.77. The molecule has 5 nitrogen and oxygen atoms in total. The van der Waals surface area contributed by atoms with E-state index in [-0.39, 0.29) is 16.4 Å². The largest absolute Gasteiger partial charge is 0.461 e. The molecule has 0 saturated carbocycles. The number of rotatable bonds is 1. The molecule has 0 aliphatic rings. The minimum absolute atomic E-state index is 0.107. The predicted molar refractivity (Wildman–Crippen MR) is 42.9 cm³/mol. The maximum atomic E-state index is 10.3. The zero-order chi connectivity index (χ0) is 9.14. The van der Waals surface area contributed by atoms with E-state index in [0.29, 0.717) is 0 Å². The van der Waals surface area contributed by atoms with Crippen LogP contribution in [-0.4, -0.2) is 4.92 Å². The van der Waals surface area contributed by atoms with Gasteiger partial charge in [-0.05, 0) is 6.07 Å². The van der Waals surface area contributed by atoms with Gasteiger partial charge in [0.25, 0.3) is 0 Å².